The normalized spacial score (nSPS) is 13.2. The van der Waals surface area contributed by atoms with Gasteiger partial charge in [-0.2, -0.15) is 5.10 Å². The molecule has 2 aromatic rings. The van der Waals surface area contributed by atoms with Crippen molar-refractivity contribution >= 4 is 11.5 Å². The maximum absolute atomic E-state index is 11.1. The molecule has 1 aliphatic heterocycles. The lowest BCUT2D eigenvalue weighted by molar-refractivity contribution is -0.384. The zero-order chi connectivity index (χ0) is 16.6. The lowest BCUT2D eigenvalue weighted by atomic mass is 9.96. The summed E-state index contributed by atoms with van der Waals surface area (Å²) in [5.41, 5.74) is 4.26. The highest BCUT2D eigenvalue weighted by Crippen LogP contribution is 2.36. The zero-order valence-electron chi connectivity index (χ0n) is 13.8. The number of hydrogen-bond acceptors (Lipinski definition) is 4. The molecular formula is C17H22N4O2. The van der Waals surface area contributed by atoms with Crippen molar-refractivity contribution < 1.29 is 4.92 Å². The van der Waals surface area contributed by atoms with Gasteiger partial charge in [-0.3, -0.25) is 10.1 Å². The summed E-state index contributed by atoms with van der Waals surface area (Å²) >= 11 is 0. The molecule has 0 bridgehead atoms. The second kappa shape index (κ2) is 6.02. The molecule has 0 fully saturated rings. The minimum absolute atomic E-state index is 0.0944. The Balaban J connectivity index is 2.16. The summed E-state index contributed by atoms with van der Waals surface area (Å²) in [6.07, 6.45) is 3.07. The number of nitrogens with one attached hydrogen (secondary N) is 1. The molecule has 6 nitrogen and oxygen atoms in total. The van der Waals surface area contributed by atoms with E-state index in [-0.39, 0.29) is 10.6 Å². The summed E-state index contributed by atoms with van der Waals surface area (Å²) in [6.45, 7) is 7.22. The Morgan fingerprint density at radius 1 is 1.39 bits per heavy atom. The molecule has 0 saturated heterocycles. The summed E-state index contributed by atoms with van der Waals surface area (Å²) in [5.74, 6) is 1.43. The molecule has 0 amide bonds. The monoisotopic (exact) mass is 314 g/mol. The molecular weight excluding hydrogens is 292 g/mol. The third-order valence-corrected chi connectivity index (χ3v) is 4.69. The highest BCUT2D eigenvalue weighted by atomic mass is 16.6. The first-order valence-corrected chi connectivity index (χ1v) is 8.17. The number of benzene rings is 1. The van der Waals surface area contributed by atoms with Gasteiger partial charge in [0, 0.05) is 30.2 Å². The van der Waals surface area contributed by atoms with Crippen molar-refractivity contribution in [2.75, 3.05) is 11.9 Å². The largest absolute Gasteiger partial charge is 0.369 e. The predicted molar refractivity (Wildman–Crippen MR) is 90.5 cm³/mol. The fourth-order valence-electron chi connectivity index (χ4n) is 3.32. The molecule has 0 radical (unpaired) electrons. The van der Waals surface area contributed by atoms with E-state index in [1.165, 1.54) is 11.6 Å². The lowest BCUT2D eigenvalue weighted by Crippen LogP contribution is -2.08. The van der Waals surface area contributed by atoms with Gasteiger partial charge in [0.25, 0.3) is 5.69 Å². The number of hydrogen-bond donors (Lipinski definition) is 1. The van der Waals surface area contributed by atoms with Crippen molar-refractivity contribution in [3.05, 3.63) is 45.1 Å². The molecule has 23 heavy (non-hydrogen) atoms. The SMILES string of the molecule is CCC(CC)c1nn(-c2cc([N+](=O)[O-])ccc2C)c2c1CCN2. The Morgan fingerprint density at radius 2 is 2.13 bits per heavy atom. The van der Waals surface area contributed by atoms with Crippen LogP contribution in [0.1, 0.15) is 49.4 Å². The average Bonchev–Trinajstić information content (AvgIpc) is 3.12. The summed E-state index contributed by atoms with van der Waals surface area (Å²) < 4.78 is 1.86. The molecule has 0 spiro atoms. The van der Waals surface area contributed by atoms with E-state index in [4.69, 9.17) is 5.10 Å². The number of aromatic nitrogens is 2. The van der Waals surface area contributed by atoms with Crippen LogP contribution in [-0.2, 0) is 6.42 Å². The van der Waals surface area contributed by atoms with Gasteiger partial charge in [0.05, 0.1) is 16.3 Å². The molecule has 1 aromatic carbocycles. The van der Waals surface area contributed by atoms with Crippen LogP contribution < -0.4 is 5.32 Å². The van der Waals surface area contributed by atoms with E-state index >= 15 is 0 Å². The molecule has 2 heterocycles. The van der Waals surface area contributed by atoms with E-state index in [0.29, 0.717) is 5.92 Å². The zero-order valence-corrected chi connectivity index (χ0v) is 13.8. The van der Waals surface area contributed by atoms with Gasteiger partial charge >= 0.3 is 0 Å². The van der Waals surface area contributed by atoms with Gasteiger partial charge in [0.1, 0.15) is 5.82 Å². The van der Waals surface area contributed by atoms with Gasteiger partial charge < -0.3 is 5.32 Å². The Labute approximate surface area is 135 Å². The smallest absolute Gasteiger partial charge is 0.271 e. The van der Waals surface area contributed by atoms with Crippen LogP contribution in [0.25, 0.3) is 5.69 Å². The van der Waals surface area contributed by atoms with E-state index in [2.05, 4.69) is 19.2 Å². The van der Waals surface area contributed by atoms with Crippen LogP contribution in [0, 0.1) is 17.0 Å². The van der Waals surface area contributed by atoms with Crippen LogP contribution in [0.3, 0.4) is 0 Å². The Kier molecular flexibility index (Phi) is 4.07. The standard InChI is InChI=1S/C17H22N4O2/c1-4-12(5-2)16-14-8-9-18-17(14)20(19-16)15-10-13(21(22)23)7-6-11(15)3/h6-7,10,12,18H,4-5,8-9H2,1-3H3. The van der Waals surface area contributed by atoms with Crippen molar-refractivity contribution in [3.8, 4) is 5.69 Å². The number of non-ortho nitro benzene ring substituents is 1. The van der Waals surface area contributed by atoms with Crippen LogP contribution in [0.5, 0.6) is 0 Å². The fraction of sp³-hybridized carbons (Fsp3) is 0.471. The minimum atomic E-state index is -0.359. The maximum Gasteiger partial charge on any atom is 0.271 e. The second-order valence-corrected chi connectivity index (χ2v) is 6.04. The van der Waals surface area contributed by atoms with Crippen molar-refractivity contribution in [2.24, 2.45) is 0 Å². The Bertz CT molecular complexity index is 747. The molecule has 1 aromatic heterocycles. The van der Waals surface area contributed by atoms with Gasteiger partial charge in [0.15, 0.2) is 0 Å². The molecule has 6 heteroatoms. The summed E-state index contributed by atoms with van der Waals surface area (Å²) in [7, 11) is 0. The number of aryl methyl sites for hydroxylation is 1. The molecule has 122 valence electrons. The van der Waals surface area contributed by atoms with Gasteiger partial charge in [-0.25, -0.2) is 4.68 Å². The highest BCUT2D eigenvalue weighted by Gasteiger charge is 2.27. The summed E-state index contributed by atoms with van der Waals surface area (Å²) in [6, 6.07) is 4.93. The number of nitro groups is 1. The first kappa shape index (κ1) is 15.5. The average molecular weight is 314 g/mol. The fourth-order valence-corrected chi connectivity index (χ4v) is 3.32. The van der Waals surface area contributed by atoms with Gasteiger partial charge in [-0.05, 0) is 31.7 Å². The van der Waals surface area contributed by atoms with Gasteiger partial charge in [-0.15, -0.1) is 0 Å². The van der Waals surface area contributed by atoms with E-state index in [1.807, 2.05) is 11.6 Å². The van der Waals surface area contributed by atoms with Crippen molar-refractivity contribution in [3.63, 3.8) is 0 Å². The first-order chi connectivity index (χ1) is 11.1. The summed E-state index contributed by atoms with van der Waals surface area (Å²) in [4.78, 5) is 10.7. The lowest BCUT2D eigenvalue weighted by Gasteiger charge is -2.11. The van der Waals surface area contributed by atoms with E-state index in [9.17, 15) is 10.1 Å². The van der Waals surface area contributed by atoms with E-state index in [0.717, 1.165) is 48.6 Å². The van der Waals surface area contributed by atoms with Crippen LogP contribution in [0.4, 0.5) is 11.5 Å². The number of fused-ring (bicyclic) bond motifs is 1. The third-order valence-electron chi connectivity index (χ3n) is 4.69. The first-order valence-electron chi connectivity index (χ1n) is 8.17. The minimum Gasteiger partial charge on any atom is -0.369 e. The summed E-state index contributed by atoms with van der Waals surface area (Å²) in [5, 5.41) is 19.3. The van der Waals surface area contributed by atoms with Crippen molar-refractivity contribution in [1.82, 2.24) is 9.78 Å². The van der Waals surface area contributed by atoms with Crippen LogP contribution >= 0.6 is 0 Å². The second-order valence-electron chi connectivity index (χ2n) is 6.04. The van der Waals surface area contributed by atoms with E-state index in [1.54, 1.807) is 12.1 Å². The van der Waals surface area contributed by atoms with Gasteiger partial charge in [-0.1, -0.05) is 19.9 Å². The Morgan fingerprint density at radius 3 is 2.78 bits per heavy atom. The molecule has 1 N–H and O–H groups in total. The molecule has 0 saturated carbocycles. The molecule has 0 unspecified atom stereocenters. The van der Waals surface area contributed by atoms with Crippen molar-refractivity contribution in [2.45, 2.75) is 46.0 Å². The van der Waals surface area contributed by atoms with Crippen LogP contribution in [0.2, 0.25) is 0 Å². The quantitative estimate of drug-likeness (QED) is 0.669. The maximum atomic E-state index is 11.1. The van der Waals surface area contributed by atoms with Crippen LogP contribution in [-0.4, -0.2) is 21.2 Å². The van der Waals surface area contributed by atoms with Crippen molar-refractivity contribution in [1.29, 1.82) is 0 Å². The molecule has 0 atom stereocenters. The highest BCUT2D eigenvalue weighted by molar-refractivity contribution is 5.60. The number of nitro benzene ring substituents is 1. The molecule has 0 aliphatic carbocycles. The van der Waals surface area contributed by atoms with Gasteiger partial charge in [0.2, 0.25) is 0 Å². The molecule has 1 aliphatic rings. The number of rotatable bonds is 5. The van der Waals surface area contributed by atoms with Crippen LogP contribution in [0.15, 0.2) is 18.2 Å². The Hall–Kier alpha value is -2.37. The topological polar surface area (TPSA) is 73.0 Å². The van der Waals surface area contributed by atoms with E-state index < -0.39 is 0 Å². The molecule has 3 rings (SSSR count). The predicted octanol–water partition coefficient (Wildman–Crippen LogP) is 3.96. The number of anilines is 1. The number of nitrogens with zero attached hydrogens (tertiary/aromatic N) is 3. The third kappa shape index (κ3) is 2.58.